The molecule has 0 spiro atoms. The van der Waals surface area contributed by atoms with E-state index in [1.807, 2.05) is 0 Å². The minimum Gasteiger partial charge on any atom is -0.294 e. The van der Waals surface area contributed by atoms with Crippen LogP contribution in [0.4, 0.5) is 0 Å². The summed E-state index contributed by atoms with van der Waals surface area (Å²) < 4.78 is 90.8. The zero-order valence-electron chi connectivity index (χ0n) is 19.0. The minimum atomic E-state index is -4.18. The van der Waals surface area contributed by atoms with Crippen molar-refractivity contribution >= 4 is 11.8 Å². The van der Waals surface area contributed by atoms with Gasteiger partial charge in [-0.1, -0.05) is 12.7 Å². The van der Waals surface area contributed by atoms with Gasteiger partial charge in [-0.3, -0.25) is 20.4 Å². The number of hydrazine groups is 2. The van der Waals surface area contributed by atoms with Gasteiger partial charge in [-0.05, 0) is 12.7 Å². The van der Waals surface area contributed by atoms with Gasteiger partial charge in [0.15, 0.2) is 0 Å². The highest BCUT2D eigenvalue weighted by Gasteiger charge is 1.99. The van der Waals surface area contributed by atoms with Crippen LogP contribution in [0.5, 0.6) is 0 Å². The second-order valence-electron chi connectivity index (χ2n) is 1.70. The summed E-state index contributed by atoms with van der Waals surface area (Å²) in [6.45, 7) is 0. The molecule has 6 nitrogen and oxygen atoms in total. The summed E-state index contributed by atoms with van der Waals surface area (Å²) >= 11 is 0. The molecule has 82 valence electrons. The largest absolute Gasteiger partial charge is 0.294 e. The average Bonchev–Trinajstić information content (AvgIpc) is 2.51. The molecule has 0 saturated carbocycles. The highest BCUT2D eigenvalue weighted by molar-refractivity contribution is 5.75. The summed E-state index contributed by atoms with van der Waals surface area (Å²) in [4.78, 5) is 22.9. The van der Waals surface area contributed by atoms with Crippen molar-refractivity contribution in [1.29, 1.82) is 0 Å². The van der Waals surface area contributed by atoms with Crippen molar-refractivity contribution in [2.24, 2.45) is 11.7 Å². The molecule has 0 fully saturated rings. The Morgan fingerprint density at radius 2 is 1.29 bits per heavy atom. The second kappa shape index (κ2) is 8.46. The molecule has 0 radical (unpaired) electrons. The molecular weight excluding hydrogens is 184 g/mol. The summed E-state index contributed by atoms with van der Waals surface area (Å²) in [7, 11) is 0. The van der Waals surface area contributed by atoms with Gasteiger partial charge < -0.3 is 0 Å². The number of carbonyl (C=O) groups excluding carboxylic acids is 2. The third kappa shape index (κ3) is 7.51. The molecule has 0 aliphatic heterocycles. The van der Waals surface area contributed by atoms with Crippen molar-refractivity contribution < 1.29 is 26.0 Å². The second-order valence-corrected chi connectivity index (χ2v) is 1.70. The molecule has 14 heavy (non-hydrogen) atoms. The van der Waals surface area contributed by atoms with Crippen LogP contribution in [-0.2, 0) is 9.59 Å². The monoisotopic (exact) mass is 214 g/mol. The van der Waals surface area contributed by atoms with Crippen LogP contribution in [0.2, 0.25) is 0 Å². The fourth-order valence-corrected chi connectivity index (χ4v) is 0.311. The normalized spacial score (nSPS) is 28.4. The van der Waals surface area contributed by atoms with E-state index in [1.165, 1.54) is 10.9 Å². The molecule has 0 aromatic rings. The van der Waals surface area contributed by atoms with Crippen LogP contribution in [0.1, 0.15) is 54.7 Å². The Morgan fingerprint density at radius 1 is 0.929 bits per heavy atom. The van der Waals surface area contributed by atoms with Gasteiger partial charge in [-0.25, -0.2) is 11.7 Å². The molecule has 0 bridgehead atoms. The molecule has 6 N–H and O–H groups in total. The van der Waals surface area contributed by atoms with E-state index in [2.05, 4.69) is 0 Å². The SMILES string of the molecule is [2H]C([2H])(C(=O)NN)C([2H])([2H])C([2H])([2H])C([2H])([2H])C([2H])([2H])C([2H])([2H])C(=O)NN. The predicted molar refractivity (Wildman–Crippen MR) is 52.4 cm³/mol. The first-order chi connectivity index (χ1) is 11.2. The van der Waals surface area contributed by atoms with E-state index in [0.29, 0.717) is 0 Å². The van der Waals surface area contributed by atoms with Gasteiger partial charge in [0.25, 0.3) is 0 Å². The first kappa shape index (κ1) is 3.18. The smallest absolute Gasteiger partial charge is 0.233 e. The van der Waals surface area contributed by atoms with Crippen LogP contribution in [-0.4, -0.2) is 11.8 Å². The Labute approximate surface area is 100 Å². The van der Waals surface area contributed by atoms with E-state index in [0.717, 1.165) is 0 Å². The van der Waals surface area contributed by atoms with Crippen molar-refractivity contribution in [3.8, 4) is 0 Å². The number of carbonyl (C=O) groups is 2. The van der Waals surface area contributed by atoms with Gasteiger partial charge in [-0.15, -0.1) is 0 Å². The summed E-state index contributed by atoms with van der Waals surface area (Å²) in [6, 6.07) is 0. The molecule has 0 rings (SSSR count). The van der Waals surface area contributed by atoms with Gasteiger partial charge in [0.2, 0.25) is 11.8 Å². The zero-order valence-corrected chi connectivity index (χ0v) is 6.97. The standard InChI is InChI=1S/C8H18N4O2/c9-11-7(13)5-3-1-2-4-6-8(14)12-10/h1-6,9-10H2,(H,11,13)(H,12,14)/i1D2,2D2,3D2,4D2,5D2,6D2. The number of nitrogens with one attached hydrogen (secondary N) is 2. The van der Waals surface area contributed by atoms with Gasteiger partial charge in [-0.2, -0.15) is 0 Å². The average molecular weight is 214 g/mol. The van der Waals surface area contributed by atoms with Crippen LogP contribution in [0, 0.1) is 0 Å². The van der Waals surface area contributed by atoms with Crippen molar-refractivity contribution in [2.75, 3.05) is 0 Å². The molecule has 0 aliphatic rings. The summed E-state index contributed by atoms with van der Waals surface area (Å²) in [6.07, 6.45) is -24.1. The molecule has 0 aromatic carbocycles. The Bertz CT molecular complexity index is 528. The van der Waals surface area contributed by atoms with Gasteiger partial charge >= 0.3 is 0 Å². The number of hydrogen-bond acceptors (Lipinski definition) is 4. The van der Waals surface area contributed by atoms with E-state index in [4.69, 9.17) is 28.1 Å². The lowest BCUT2D eigenvalue weighted by atomic mass is 10.1. The third-order valence-corrected chi connectivity index (χ3v) is 0.802. The molecule has 6 heteroatoms. The lowest BCUT2D eigenvalue weighted by molar-refractivity contribution is -0.122. The fourth-order valence-electron chi connectivity index (χ4n) is 0.311. The lowest BCUT2D eigenvalue weighted by Crippen LogP contribution is -2.29. The van der Waals surface area contributed by atoms with E-state index in [-0.39, 0.29) is 0 Å². The molecule has 0 heterocycles. The van der Waals surface area contributed by atoms with Crippen LogP contribution >= 0.6 is 0 Å². The molecular formula is C8H18N4O2. The maximum Gasteiger partial charge on any atom is 0.233 e. The van der Waals surface area contributed by atoms with Gasteiger partial charge in [0.05, 0.1) is 0 Å². The van der Waals surface area contributed by atoms with Gasteiger partial charge in [0, 0.05) is 29.2 Å². The van der Waals surface area contributed by atoms with Crippen molar-refractivity contribution in [3.05, 3.63) is 0 Å². The summed E-state index contributed by atoms with van der Waals surface area (Å²) in [5.74, 6) is 5.65. The molecule has 0 aliphatic carbocycles. The van der Waals surface area contributed by atoms with Crippen LogP contribution in [0.15, 0.2) is 0 Å². The predicted octanol–water partition coefficient (Wildman–Crippen LogP) is -0.693. The number of rotatable bonds is 7. The summed E-state index contributed by atoms with van der Waals surface area (Å²) in [5, 5.41) is 0. The maximum atomic E-state index is 11.5. The fraction of sp³-hybridized carbons (Fsp3) is 0.750. The van der Waals surface area contributed by atoms with Crippen LogP contribution < -0.4 is 22.5 Å². The Morgan fingerprint density at radius 3 is 1.57 bits per heavy atom. The minimum absolute atomic E-state index is 1.24. The van der Waals surface area contributed by atoms with Crippen molar-refractivity contribution in [2.45, 2.75) is 38.2 Å². The third-order valence-electron chi connectivity index (χ3n) is 0.802. The molecule has 0 atom stereocenters. The van der Waals surface area contributed by atoms with E-state index in [1.54, 1.807) is 0 Å². The highest BCUT2D eigenvalue weighted by atomic mass is 16.2. The first-order valence-electron chi connectivity index (χ1n) is 9.24. The Kier molecular flexibility index (Phi) is 1.92. The molecule has 2 amide bonds. The van der Waals surface area contributed by atoms with E-state index >= 15 is 0 Å². The maximum absolute atomic E-state index is 11.5. The molecule has 0 unspecified atom stereocenters. The number of nitrogens with two attached hydrogens (primary N) is 2. The number of amides is 2. The van der Waals surface area contributed by atoms with Crippen LogP contribution in [0.3, 0.4) is 0 Å². The number of hydrogen-bond donors (Lipinski definition) is 4. The van der Waals surface area contributed by atoms with E-state index in [9.17, 15) is 9.59 Å². The topological polar surface area (TPSA) is 110 Å². The van der Waals surface area contributed by atoms with Crippen molar-refractivity contribution in [3.63, 3.8) is 0 Å². The molecule has 0 saturated heterocycles. The lowest BCUT2D eigenvalue weighted by Gasteiger charge is -2.00. The highest BCUT2D eigenvalue weighted by Crippen LogP contribution is 2.04. The summed E-state index contributed by atoms with van der Waals surface area (Å²) in [5.41, 5.74) is 2.48. The Balaban J connectivity index is 6.50. The van der Waals surface area contributed by atoms with Crippen LogP contribution in [0.25, 0.3) is 0 Å². The Hall–Kier alpha value is -1.14. The zero-order chi connectivity index (χ0) is 21.6. The van der Waals surface area contributed by atoms with Gasteiger partial charge in [0.1, 0.15) is 0 Å². The quantitative estimate of drug-likeness (QED) is 0.255. The first-order valence-corrected chi connectivity index (χ1v) is 3.24. The molecule has 0 aromatic heterocycles. The van der Waals surface area contributed by atoms with E-state index < -0.39 is 50.1 Å². The van der Waals surface area contributed by atoms with Crippen molar-refractivity contribution in [1.82, 2.24) is 10.9 Å².